The average molecular weight is 268 g/mol. The molecule has 0 saturated carbocycles. The van der Waals surface area contributed by atoms with Gasteiger partial charge in [-0.05, 0) is 64.0 Å². The number of likely N-dealkylation sites (tertiary alicyclic amines) is 1. The van der Waals surface area contributed by atoms with E-state index in [-0.39, 0.29) is 12.1 Å². The molecule has 0 aliphatic carbocycles. The summed E-state index contributed by atoms with van der Waals surface area (Å²) in [5.41, 5.74) is 0.144. The predicted octanol–water partition coefficient (Wildman–Crippen LogP) is 2.79. The molecule has 1 fully saturated rings. The second-order valence-electron chi connectivity index (χ2n) is 5.41. The minimum atomic E-state index is -0.466. The second-order valence-corrected chi connectivity index (χ2v) is 5.41. The van der Waals surface area contributed by atoms with Gasteiger partial charge in [-0.15, -0.1) is 0 Å². The Kier molecular flexibility index (Phi) is 5.28. The van der Waals surface area contributed by atoms with Crippen LogP contribution in [0.3, 0.4) is 0 Å². The van der Waals surface area contributed by atoms with E-state index in [1.165, 1.54) is 31.0 Å². The van der Waals surface area contributed by atoms with Crippen LogP contribution in [0, 0.1) is 17.6 Å². The number of halogens is 2. The lowest BCUT2D eigenvalue weighted by atomic mass is 9.94. The summed E-state index contributed by atoms with van der Waals surface area (Å²) < 4.78 is 26.8. The maximum atomic E-state index is 13.4. The highest BCUT2D eigenvalue weighted by Gasteiger charge is 2.16. The summed E-state index contributed by atoms with van der Waals surface area (Å²) >= 11 is 0. The van der Waals surface area contributed by atoms with Crippen LogP contribution in [0.2, 0.25) is 0 Å². The van der Waals surface area contributed by atoms with Gasteiger partial charge in [-0.1, -0.05) is 6.07 Å². The Labute approximate surface area is 113 Å². The first-order valence-corrected chi connectivity index (χ1v) is 6.99. The number of rotatable bonds is 5. The molecule has 0 spiro atoms. The molecule has 0 radical (unpaired) electrons. The van der Waals surface area contributed by atoms with Crippen LogP contribution in [0.5, 0.6) is 0 Å². The van der Waals surface area contributed by atoms with Crippen LogP contribution >= 0.6 is 0 Å². The summed E-state index contributed by atoms with van der Waals surface area (Å²) in [5, 5.41) is 3.15. The molecule has 0 amide bonds. The largest absolute Gasteiger partial charge is 0.312 e. The summed E-state index contributed by atoms with van der Waals surface area (Å²) in [5.74, 6) is -0.187. The number of nitrogens with one attached hydrogen (secondary N) is 1. The number of piperidine rings is 1. The molecule has 0 bridgehead atoms. The zero-order valence-electron chi connectivity index (χ0n) is 11.5. The number of hydrogen-bond acceptors (Lipinski definition) is 2. The van der Waals surface area contributed by atoms with E-state index in [4.69, 9.17) is 0 Å². The normalized spacial score (nSPS) is 17.8. The molecule has 1 saturated heterocycles. The Balaban J connectivity index is 1.69. The zero-order chi connectivity index (χ0) is 13.7. The van der Waals surface area contributed by atoms with Gasteiger partial charge in [0.25, 0.3) is 0 Å². The Morgan fingerprint density at radius 2 is 1.84 bits per heavy atom. The third-order valence-corrected chi connectivity index (χ3v) is 3.93. The van der Waals surface area contributed by atoms with Crippen molar-refractivity contribution in [2.45, 2.75) is 25.8 Å². The maximum absolute atomic E-state index is 13.4. The molecule has 1 heterocycles. The summed E-state index contributed by atoms with van der Waals surface area (Å²) in [6.45, 7) is 3.41. The lowest BCUT2D eigenvalue weighted by Crippen LogP contribution is -2.31. The van der Waals surface area contributed by atoms with E-state index in [1.54, 1.807) is 0 Å². The third-order valence-electron chi connectivity index (χ3n) is 3.93. The van der Waals surface area contributed by atoms with E-state index in [9.17, 15) is 8.78 Å². The lowest BCUT2D eigenvalue weighted by molar-refractivity contribution is 0.211. The van der Waals surface area contributed by atoms with Crippen LogP contribution in [0.25, 0.3) is 0 Å². The highest BCUT2D eigenvalue weighted by Crippen LogP contribution is 2.19. The molecule has 0 unspecified atom stereocenters. The smallest absolute Gasteiger partial charge is 0.130 e. The van der Waals surface area contributed by atoms with E-state index < -0.39 is 11.6 Å². The number of benzene rings is 1. The highest BCUT2D eigenvalue weighted by atomic mass is 19.1. The quantitative estimate of drug-likeness (QED) is 0.826. The molecule has 19 heavy (non-hydrogen) atoms. The minimum absolute atomic E-state index is 0.144. The van der Waals surface area contributed by atoms with Crippen molar-refractivity contribution in [1.29, 1.82) is 0 Å². The van der Waals surface area contributed by atoms with E-state index in [0.717, 1.165) is 32.0 Å². The van der Waals surface area contributed by atoms with Gasteiger partial charge in [0.2, 0.25) is 0 Å². The molecule has 1 aromatic carbocycles. The molecule has 2 rings (SSSR count). The van der Waals surface area contributed by atoms with Gasteiger partial charge in [-0.25, -0.2) is 8.78 Å². The van der Waals surface area contributed by atoms with Crippen molar-refractivity contribution in [3.63, 3.8) is 0 Å². The monoisotopic (exact) mass is 268 g/mol. The van der Waals surface area contributed by atoms with Crippen molar-refractivity contribution >= 4 is 0 Å². The Morgan fingerprint density at radius 3 is 2.47 bits per heavy atom. The first-order valence-electron chi connectivity index (χ1n) is 6.99. The van der Waals surface area contributed by atoms with Crippen LogP contribution in [-0.2, 0) is 6.54 Å². The molecule has 0 aromatic heterocycles. The lowest BCUT2D eigenvalue weighted by Gasteiger charge is -2.28. The fourth-order valence-corrected chi connectivity index (χ4v) is 2.57. The molecule has 2 nitrogen and oxygen atoms in total. The molecular weight excluding hydrogens is 246 g/mol. The van der Waals surface area contributed by atoms with Crippen molar-refractivity contribution in [2.75, 3.05) is 26.7 Å². The predicted molar refractivity (Wildman–Crippen MR) is 72.9 cm³/mol. The first-order chi connectivity index (χ1) is 9.16. The number of hydrogen-bond donors (Lipinski definition) is 1. The van der Waals surface area contributed by atoms with E-state index >= 15 is 0 Å². The van der Waals surface area contributed by atoms with Crippen LogP contribution in [0.1, 0.15) is 24.8 Å². The van der Waals surface area contributed by atoms with Crippen molar-refractivity contribution < 1.29 is 8.78 Å². The standard InChI is InChI=1S/C15H22F2N2/c1-19-9-6-12(7-10-19)5-8-18-11-13-14(16)3-2-4-15(13)17/h2-4,12,18H,5-11H2,1H3. The summed E-state index contributed by atoms with van der Waals surface area (Å²) in [7, 11) is 2.15. The van der Waals surface area contributed by atoms with Crippen molar-refractivity contribution in [3.05, 3.63) is 35.4 Å². The SMILES string of the molecule is CN1CCC(CCNCc2c(F)cccc2F)CC1. The van der Waals surface area contributed by atoms with Crippen LogP contribution < -0.4 is 5.32 Å². The summed E-state index contributed by atoms with van der Waals surface area (Å²) in [4.78, 5) is 2.35. The molecule has 4 heteroatoms. The Morgan fingerprint density at radius 1 is 1.21 bits per heavy atom. The first kappa shape index (κ1) is 14.4. The van der Waals surface area contributed by atoms with E-state index in [0.29, 0.717) is 0 Å². The topological polar surface area (TPSA) is 15.3 Å². The van der Waals surface area contributed by atoms with Crippen LogP contribution in [-0.4, -0.2) is 31.6 Å². The molecular formula is C15H22F2N2. The summed E-state index contributed by atoms with van der Waals surface area (Å²) in [6, 6.07) is 4.00. The molecule has 1 aromatic rings. The van der Waals surface area contributed by atoms with Gasteiger partial charge >= 0.3 is 0 Å². The zero-order valence-corrected chi connectivity index (χ0v) is 11.5. The average Bonchev–Trinajstić information content (AvgIpc) is 2.39. The second kappa shape index (κ2) is 6.96. The molecule has 1 aliphatic rings. The van der Waals surface area contributed by atoms with E-state index in [1.807, 2.05) is 0 Å². The van der Waals surface area contributed by atoms with Crippen LogP contribution in [0.15, 0.2) is 18.2 Å². The molecule has 1 aliphatic heterocycles. The Hall–Kier alpha value is -1.00. The van der Waals surface area contributed by atoms with Crippen molar-refractivity contribution in [1.82, 2.24) is 10.2 Å². The maximum Gasteiger partial charge on any atom is 0.130 e. The van der Waals surface area contributed by atoms with Gasteiger partial charge < -0.3 is 10.2 Å². The minimum Gasteiger partial charge on any atom is -0.312 e. The molecule has 106 valence electrons. The van der Waals surface area contributed by atoms with Gasteiger partial charge in [0, 0.05) is 12.1 Å². The number of nitrogens with zero attached hydrogens (tertiary/aromatic N) is 1. The third kappa shape index (κ3) is 4.25. The molecule has 0 atom stereocenters. The van der Waals surface area contributed by atoms with Gasteiger partial charge in [-0.2, -0.15) is 0 Å². The van der Waals surface area contributed by atoms with Crippen molar-refractivity contribution in [3.8, 4) is 0 Å². The van der Waals surface area contributed by atoms with Gasteiger partial charge in [-0.3, -0.25) is 0 Å². The highest BCUT2D eigenvalue weighted by molar-refractivity contribution is 5.19. The van der Waals surface area contributed by atoms with Gasteiger partial charge in [0.1, 0.15) is 11.6 Å². The Bertz CT molecular complexity index is 381. The molecule has 1 N–H and O–H groups in total. The van der Waals surface area contributed by atoms with Gasteiger partial charge in [0.05, 0.1) is 0 Å². The summed E-state index contributed by atoms with van der Waals surface area (Å²) in [6.07, 6.45) is 3.54. The fourth-order valence-electron chi connectivity index (χ4n) is 2.57. The van der Waals surface area contributed by atoms with Crippen molar-refractivity contribution in [2.24, 2.45) is 5.92 Å². The van der Waals surface area contributed by atoms with Crippen LogP contribution in [0.4, 0.5) is 8.78 Å². The van der Waals surface area contributed by atoms with Gasteiger partial charge in [0.15, 0.2) is 0 Å². The fraction of sp³-hybridized carbons (Fsp3) is 0.600. The van der Waals surface area contributed by atoms with E-state index in [2.05, 4.69) is 17.3 Å².